The molecule has 0 saturated carbocycles. The van der Waals surface area contributed by atoms with Crippen molar-refractivity contribution >= 4 is 22.7 Å². The molecular weight excluding hydrogens is 358 g/mol. The van der Waals surface area contributed by atoms with Gasteiger partial charge in [-0.15, -0.1) is 0 Å². The zero-order valence-electron chi connectivity index (χ0n) is 16.4. The summed E-state index contributed by atoms with van der Waals surface area (Å²) in [6.07, 6.45) is 0. The SMILES string of the molecule is COc1cccc2c(C)cc(=O)n(C(C)C(=O)Nc3oc(C)c(C)c3C#N)c12. The third-order valence-electron chi connectivity index (χ3n) is 4.96. The molecule has 1 N–H and O–H groups in total. The Morgan fingerprint density at radius 3 is 2.68 bits per heavy atom. The van der Waals surface area contributed by atoms with Gasteiger partial charge in [-0.2, -0.15) is 5.26 Å². The molecule has 0 aliphatic heterocycles. The van der Waals surface area contributed by atoms with Crippen molar-refractivity contribution in [2.24, 2.45) is 0 Å². The van der Waals surface area contributed by atoms with E-state index in [1.807, 2.05) is 25.1 Å². The predicted octanol–water partition coefficient (Wildman–Crippen LogP) is 3.60. The van der Waals surface area contributed by atoms with Crippen molar-refractivity contribution in [3.63, 3.8) is 0 Å². The molecule has 7 heteroatoms. The largest absolute Gasteiger partial charge is 0.495 e. The summed E-state index contributed by atoms with van der Waals surface area (Å²) in [5.41, 5.74) is 1.98. The van der Waals surface area contributed by atoms with Crippen LogP contribution in [0.1, 0.15) is 35.4 Å². The molecule has 0 aliphatic carbocycles. The Balaban J connectivity index is 2.11. The fourth-order valence-corrected chi connectivity index (χ4v) is 3.26. The van der Waals surface area contributed by atoms with E-state index in [2.05, 4.69) is 5.32 Å². The fourth-order valence-electron chi connectivity index (χ4n) is 3.26. The molecular formula is C21H21N3O4. The maximum atomic E-state index is 12.9. The van der Waals surface area contributed by atoms with Crippen LogP contribution in [0.2, 0.25) is 0 Å². The number of nitriles is 1. The van der Waals surface area contributed by atoms with Crippen molar-refractivity contribution in [2.75, 3.05) is 12.4 Å². The van der Waals surface area contributed by atoms with Gasteiger partial charge >= 0.3 is 0 Å². The highest BCUT2D eigenvalue weighted by Gasteiger charge is 2.24. The molecule has 1 unspecified atom stereocenters. The fraction of sp³-hybridized carbons (Fsp3) is 0.286. The molecule has 7 nitrogen and oxygen atoms in total. The van der Waals surface area contributed by atoms with Gasteiger partial charge < -0.3 is 9.15 Å². The van der Waals surface area contributed by atoms with Crippen LogP contribution in [0.3, 0.4) is 0 Å². The smallest absolute Gasteiger partial charge is 0.252 e. The van der Waals surface area contributed by atoms with E-state index in [1.165, 1.54) is 17.7 Å². The molecule has 1 amide bonds. The number of carbonyl (C=O) groups is 1. The van der Waals surface area contributed by atoms with Crippen LogP contribution in [0.25, 0.3) is 10.9 Å². The number of hydrogen-bond acceptors (Lipinski definition) is 5. The minimum Gasteiger partial charge on any atom is -0.495 e. The summed E-state index contributed by atoms with van der Waals surface area (Å²) in [4.78, 5) is 25.7. The van der Waals surface area contributed by atoms with Gasteiger partial charge in [0.1, 0.15) is 29.2 Å². The maximum absolute atomic E-state index is 12.9. The number of ether oxygens (including phenoxy) is 1. The molecule has 0 aliphatic rings. The first-order chi connectivity index (χ1) is 13.3. The Morgan fingerprint density at radius 2 is 2.04 bits per heavy atom. The molecule has 2 heterocycles. The first kappa shape index (κ1) is 19.2. The van der Waals surface area contributed by atoms with Crippen LogP contribution in [0.4, 0.5) is 5.88 Å². The Labute approximate surface area is 162 Å². The number of benzene rings is 1. The van der Waals surface area contributed by atoms with E-state index in [0.29, 0.717) is 22.6 Å². The van der Waals surface area contributed by atoms with Crippen LogP contribution in [0.15, 0.2) is 33.5 Å². The molecule has 0 radical (unpaired) electrons. The summed E-state index contributed by atoms with van der Waals surface area (Å²) < 4.78 is 12.3. The molecule has 0 saturated heterocycles. The molecule has 0 bridgehead atoms. The molecule has 3 rings (SSSR count). The highest BCUT2D eigenvalue weighted by Crippen LogP contribution is 2.30. The van der Waals surface area contributed by atoms with E-state index in [9.17, 15) is 14.9 Å². The van der Waals surface area contributed by atoms with Crippen LogP contribution < -0.4 is 15.6 Å². The van der Waals surface area contributed by atoms with Crippen molar-refractivity contribution in [1.29, 1.82) is 5.26 Å². The van der Waals surface area contributed by atoms with Gasteiger partial charge in [-0.3, -0.25) is 19.5 Å². The van der Waals surface area contributed by atoms with Gasteiger partial charge in [-0.25, -0.2) is 0 Å². The molecule has 2 aromatic heterocycles. The summed E-state index contributed by atoms with van der Waals surface area (Å²) in [5, 5.41) is 12.8. The van der Waals surface area contributed by atoms with Gasteiger partial charge in [-0.1, -0.05) is 12.1 Å². The Bertz CT molecular complexity index is 1180. The van der Waals surface area contributed by atoms with E-state index in [1.54, 1.807) is 26.8 Å². The van der Waals surface area contributed by atoms with Crippen molar-refractivity contribution in [3.8, 4) is 11.8 Å². The molecule has 0 spiro atoms. The maximum Gasteiger partial charge on any atom is 0.252 e. The highest BCUT2D eigenvalue weighted by molar-refractivity contribution is 5.96. The molecule has 28 heavy (non-hydrogen) atoms. The molecule has 1 aromatic carbocycles. The van der Waals surface area contributed by atoms with Crippen molar-refractivity contribution in [3.05, 3.63) is 57.1 Å². The molecule has 1 atom stereocenters. The Hall–Kier alpha value is -3.53. The van der Waals surface area contributed by atoms with Gasteiger partial charge in [0, 0.05) is 17.0 Å². The van der Waals surface area contributed by atoms with Crippen LogP contribution in [-0.4, -0.2) is 17.6 Å². The number of para-hydroxylation sites is 1. The summed E-state index contributed by atoms with van der Waals surface area (Å²) in [7, 11) is 1.52. The standard InChI is InChI=1S/C21H21N3O4/c1-11-9-18(25)24(19-15(11)7-6-8-17(19)27-5)13(3)20(26)23-21-16(10-22)12(2)14(4)28-21/h6-9,13H,1-5H3,(H,23,26). The third kappa shape index (κ3) is 3.03. The number of hydrogen-bond donors (Lipinski definition) is 1. The van der Waals surface area contributed by atoms with E-state index in [-0.39, 0.29) is 17.0 Å². The Kier molecular flexibility index (Phi) is 4.97. The number of rotatable bonds is 4. The van der Waals surface area contributed by atoms with Gasteiger partial charge in [0.05, 0.1) is 12.6 Å². The molecule has 0 fully saturated rings. The minimum absolute atomic E-state index is 0.0887. The topological polar surface area (TPSA) is 97.3 Å². The number of nitrogens with zero attached hydrogens (tertiary/aromatic N) is 2. The second-order valence-electron chi connectivity index (χ2n) is 6.66. The van der Waals surface area contributed by atoms with E-state index >= 15 is 0 Å². The second kappa shape index (κ2) is 7.24. The summed E-state index contributed by atoms with van der Waals surface area (Å²) in [6, 6.07) is 8.13. The monoisotopic (exact) mass is 379 g/mol. The molecule has 3 aromatic rings. The van der Waals surface area contributed by atoms with E-state index < -0.39 is 11.9 Å². The normalized spacial score (nSPS) is 11.9. The number of pyridine rings is 1. The lowest BCUT2D eigenvalue weighted by Gasteiger charge is -2.19. The van der Waals surface area contributed by atoms with Crippen LogP contribution in [-0.2, 0) is 4.79 Å². The summed E-state index contributed by atoms with van der Waals surface area (Å²) in [5.74, 6) is 0.675. The Morgan fingerprint density at radius 1 is 1.32 bits per heavy atom. The number of carbonyl (C=O) groups excluding carboxylic acids is 1. The van der Waals surface area contributed by atoms with Gasteiger partial charge in [0.15, 0.2) is 0 Å². The van der Waals surface area contributed by atoms with Crippen molar-refractivity contribution in [1.82, 2.24) is 4.57 Å². The average Bonchev–Trinajstić information content (AvgIpc) is 2.93. The average molecular weight is 379 g/mol. The zero-order valence-corrected chi connectivity index (χ0v) is 16.4. The predicted molar refractivity (Wildman–Crippen MR) is 106 cm³/mol. The summed E-state index contributed by atoms with van der Waals surface area (Å²) in [6.45, 7) is 6.93. The lowest BCUT2D eigenvalue weighted by molar-refractivity contribution is -0.118. The number of anilines is 1. The van der Waals surface area contributed by atoms with Gasteiger partial charge in [-0.05, 0) is 39.3 Å². The van der Waals surface area contributed by atoms with Crippen molar-refractivity contribution in [2.45, 2.75) is 33.7 Å². The van der Waals surface area contributed by atoms with Crippen LogP contribution >= 0.6 is 0 Å². The molecule has 144 valence electrons. The summed E-state index contributed by atoms with van der Waals surface area (Å²) >= 11 is 0. The quantitative estimate of drug-likeness (QED) is 0.747. The highest BCUT2D eigenvalue weighted by atomic mass is 16.5. The zero-order chi connectivity index (χ0) is 20.6. The third-order valence-corrected chi connectivity index (χ3v) is 4.96. The lowest BCUT2D eigenvalue weighted by atomic mass is 10.1. The number of aryl methyl sites for hydroxylation is 2. The van der Waals surface area contributed by atoms with E-state index in [4.69, 9.17) is 9.15 Å². The lowest BCUT2D eigenvalue weighted by Crippen LogP contribution is -2.32. The number of aromatic nitrogens is 1. The number of methoxy groups -OCH3 is 1. The van der Waals surface area contributed by atoms with Crippen LogP contribution in [0.5, 0.6) is 5.75 Å². The number of nitrogens with one attached hydrogen (secondary N) is 1. The van der Waals surface area contributed by atoms with Gasteiger partial charge in [0.25, 0.3) is 5.56 Å². The second-order valence-corrected chi connectivity index (χ2v) is 6.66. The van der Waals surface area contributed by atoms with Crippen LogP contribution in [0, 0.1) is 32.1 Å². The number of amides is 1. The number of furan rings is 1. The van der Waals surface area contributed by atoms with Crippen molar-refractivity contribution < 1.29 is 13.9 Å². The number of fused-ring (bicyclic) bond motifs is 1. The minimum atomic E-state index is -0.857. The first-order valence-electron chi connectivity index (χ1n) is 8.80. The van der Waals surface area contributed by atoms with E-state index in [0.717, 1.165) is 10.9 Å². The van der Waals surface area contributed by atoms with Gasteiger partial charge in [0.2, 0.25) is 11.8 Å². The first-order valence-corrected chi connectivity index (χ1v) is 8.80.